The van der Waals surface area contributed by atoms with Crippen LogP contribution in [0.4, 0.5) is 0 Å². The second kappa shape index (κ2) is 7.07. The van der Waals surface area contributed by atoms with Crippen LogP contribution in [0.2, 0.25) is 0 Å². The molecule has 0 saturated carbocycles. The number of carbonyl (C=O) groups is 1. The number of amides is 1. The molecule has 1 aliphatic heterocycles. The van der Waals surface area contributed by atoms with E-state index >= 15 is 0 Å². The lowest BCUT2D eigenvalue weighted by molar-refractivity contribution is -0.126. The minimum atomic E-state index is -0.176. The molecule has 1 amide bonds. The zero-order chi connectivity index (χ0) is 15.2. The molecular weight excluding hydrogens is 268 g/mol. The molecule has 0 spiro atoms. The SMILES string of the molecule is CNC(=O)C1CNCCN1Cc1ccc(C#N)c(OC)c1. The van der Waals surface area contributed by atoms with Crippen molar-refractivity contribution in [3.8, 4) is 11.8 Å². The fourth-order valence-electron chi connectivity index (χ4n) is 2.52. The third kappa shape index (κ3) is 3.51. The first kappa shape index (κ1) is 15.3. The Hall–Kier alpha value is -2.10. The largest absolute Gasteiger partial charge is 0.495 e. The molecular formula is C15H20N4O2. The van der Waals surface area contributed by atoms with E-state index in [2.05, 4.69) is 21.6 Å². The number of rotatable bonds is 4. The third-order valence-electron chi connectivity index (χ3n) is 3.68. The van der Waals surface area contributed by atoms with Crippen molar-refractivity contribution in [2.24, 2.45) is 0 Å². The topological polar surface area (TPSA) is 77.4 Å². The van der Waals surface area contributed by atoms with Crippen LogP contribution < -0.4 is 15.4 Å². The fraction of sp³-hybridized carbons (Fsp3) is 0.467. The summed E-state index contributed by atoms with van der Waals surface area (Å²) in [6, 6.07) is 7.45. The van der Waals surface area contributed by atoms with E-state index in [1.54, 1.807) is 20.2 Å². The highest BCUT2D eigenvalue weighted by Crippen LogP contribution is 2.21. The summed E-state index contributed by atoms with van der Waals surface area (Å²) in [5.74, 6) is 0.587. The lowest BCUT2D eigenvalue weighted by Crippen LogP contribution is -2.56. The van der Waals surface area contributed by atoms with E-state index in [4.69, 9.17) is 10.00 Å². The second-order valence-electron chi connectivity index (χ2n) is 4.95. The van der Waals surface area contributed by atoms with Crippen molar-refractivity contribution in [2.45, 2.75) is 12.6 Å². The maximum absolute atomic E-state index is 11.9. The van der Waals surface area contributed by atoms with Gasteiger partial charge in [0, 0.05) is 33.2 Å². The highest BCUT2D eigenvalue weighted by Gasteiger charge is 2.27. The summed E-state index contributed by atoms with van der Waals surface area (Å²) in [7, 11) is 3.21. The van der Waals surface area contributed by atoms with Crippen molar-refractivity contribution in [1.29, 1.82) is 5.26 Å². The number of nitrogens with zero attached hydrogens (tertiary/aromatic N) is 2. The molecule has 2 N–H and O–H groups in total. The molecule has 0 aromatic heterocycles. The molecule has 6 heteroatoms. The van der Waals surface area contributed by atoms with E-state index in [9.17, 15) is 4.79 Å². The third-order valence-corrected chi connectivity index (χ3v) is 3.68. The summed E-state index contributed by atoms with van der Waals surface area (Å²) in [6.07, 6.45) is 0. The van der Waals surface area contributed by atoms with E-state index in [1.807, 2.05) is 12.1 Å². The first-order valence-electron chi connectivity index (χ1n) is 6.93. The number of hydrogen-bond acceptors (Lipinski definition) is 5. The maximum Gasteiger partial charge on any atom is 0.238 e. The van der Waals surface area contributed by atoms with Crippen LogP contribution in [0.5, 0.6) is 5.75 Å². The van der Waals surface area contributed by atoms with Gasteiger partial charge in [0.1, 0.15) is 17.9 Å². The van der Waals surface area contributed by atoms with E-state index < -0.39 is 0 Å². The minimum Gasteiger partial charge on any atom is -0.495 e. The number of ether oxygens (including phenoxy) is 1. The van der Waals surface area contributed by atoms with Crippen LogP contribution in [-0.4, -0.2) is 50.6 Å². The number of hydrogen-bond donors (Lipinski definition) is 2. The zero-order valence-corrected chi connectivity index (χ0v) is 12.3. The van der Waals surface area contributed by atoms with Gasteiger partial charge in [-0.2, -0.15) is 5.26 Å². The van der Waals surface area contributed by atoms with Gasteiger partial charge in [-0.15, -0.1) is 0 Å². The Labute approximate surface area is 124 Å². The van der Waals surface area contributed by atoms with Gasteiger partial charge >= 0.3 is 0 Å². The molecule has 0 radical (unpaired) electrons. The smallest absolute Gasteiger partial charge is 0.238 e. The van der Waals surface area contributed by atoms with Gasteiger partial charge in [0.2, 0.25) is 5.91 Å². The highest BCUT2D eigenvalue weighted by molar-refractivity contribution is 5.81. The van der Waals surface area contributed by atoms with Crippen molar-refractivity contribution in [3.05, 3.63) is 29.3 Å². The Morgan fingerprint density at radius 1 is 1.62 bits per heavy atom. The molecule has 1 aliphatic rings. The molecule has 2 rings (SSSR count). The van der Waals surface area contributed by atoms with Crippen LogP contribution in [0.15, 0.2) is 18.2 Å². The van der Waals surface area contributed by atoms with Crippen LogP contribution in [0.25, 0.3) is 0 Å². The number of methoxy groups -OCH3 is 1. The molecule has 1 atom stereocenters. The van der Waals surface area contributed by atoms with Crippen LogP contribution in [-0.2, 0) is 11.3 Å². The van der Waals surface area contributed by atoms with Gasteiger partial charge in [0.25, 0.3) is 0 Å². The average molecular weight is 288 g/mol. The van der Waals surface area contributed by atoms with Crippen LogP contribution in [0.1, 0.15) is 11.1 Å². The first-order valence-corrected chi connectivity index (χ1v) is 6.93. The maximum atomic E-state index is 11.9. The number of benzene rings is 1. The Morgan fingerprint density at radius 3 is 3.10 bits per heavy atom. The molecule has 1 aromatic rings. The molecule has 1 heterocycles. The van der Waals surface area contributed by atoms with Gasteiger partial charge in [-0.3, -0.25) is 9.69 Å². The minimum absolute atomic E-state index is 0.0165. The monoisotopic (exact) mass is 288 g/mol. The van der Waals surface area contributed by atoms with Crippen LogP contribution in [0, 0.1) is 11.3 Å². The lowest BCUT2D eigenvalue weighted by atomic mass is 10.1. The quantitative estimate of drug-likeness (QED) is 0.821. The van der Waals surface area contributed by atoms with Crippen molar-refractivity contribution in [3.63, 3.8) is 0 Å². The van der Waals surface area contributed by atoms with Gasteiger partial charge in [-0.25, -0.2) is 0 Å². The van der Waals surface area contributed by atoms with Gasteiger partial charge in [0.05, 0.1) is 12.7 Å². The van der Waals surface area contributed by atoms with Gasteiger partial charge in [-0.05, 0) is 17.7 Å². The van der Waals surface area contributed by atoms with Crippen LogP contribution >= 0.6 is 0 Å². The molecule has 0 bridgehead atoms. The molecule has 1 unspecified atom stereocenters. The van der Waals surface area contributed by atoms with Gasteiger partial charge in [-0.1, -0.05) is 6.07 Å². The molecule has 6 nitrogen and oxygen atoms in total. The molecule has 1 aromatic carbocycles. The Balaban J connectivity index is 2.16. The summed E-state index contributed by atoms with van der Waals surface area (Å²) in [5.41, 5.74) is 1.55. The second-order valence-corrected chi connectivity index (χ2v) is 4.95. The van der Waals surface area contributed by atoms with Gasteiger partial charge in [0.15, 0.2) is 0 Å². The van der Waals surface area contributed by atoms with Gasteiger partial charge < -0.3 is 15.4 Å². The first-order chi connectivity index (χ1) is 10.2. The summed E-state index contributed by atoms with van der Waals surface area (Å²) in [4.78, 5) is 14.1. The number of nitrogens with one attached hydrogen (secondary N) is 2. The van der Waals surface area contributed by atoms with E-state index in [0.29, 0.717) is 24.4 Å². The zero-order valence-electron chi connectivity index (χ0n) is 12.3. The number of piperazine rings is 1. The van der Waals surface area contributed by atoms with Crippen LogP contribution in [0.3, 0.4) is 0 Å². The Bertz CT molecular complexity index is 553. The summed E-state index contributed by atoms with van der Waals surface area (Å²) < 4.78 is 5.23. The van der Waals surface area contributed by atoms with Crippen molar-refractivity contribution in [2.75, 3.05) is 33.8 Å². The number of carbonyl (C=O) groups excluding carboxylic acids is 1. The van der Waals surface area contributed by atoms with Crippen molar-refractivity contribution < 1.29 is 9.53 Å². The molecule has 1 saturated heterocycles. The molecule has 1 fully saturated rings. The number of nitriles is 1. The predicted molar refractivity (Wildman–Crippen MR) is 78.8 cm³/mol. The van der Waals surface area contributed by atoms with Crippen molar-refractivity contribution >= 4 is 5.91 Å². The highest BCUT2D eigenvalue weighted by atomic mass is 16.5. The summed E-state index contributed by atoms with van der Waals surface area (Å²) in [5, 5.41) is 14.9. The summed E-state index contributed by atoms with van der Waals surface area (Å²) in [6.45, 7) is 2.97. The average Bonchev–Trinajstić information content (AvgIpc) is 2.54. The molecule has 0 aliphatic carbocycles. The van der Waals surface area contributed by atoms with E-state index in [1.165, 1.54) is 0 Å². The predicted octanol–water partition coefficient (Wildman–Crippen LogP) is 0.0867. The fourth-order valence-corrected chi connectivity index (χ4v) is 2.52. The van der Waals surface area contributed by atoms with Crippen molar-refractivity contribution in [1.82, 2.24) is 15.5 Å². The molecule has 112 valence electrons. The molecule has 21 heavy (non-hydrogen) atoms. The standard InChI is InChI=1S/C15H20N4O2/c1-17-15(20)13-9-18-5-6-19(13)10-11-3-4-12(8-16)14(7-11)21-2/h3-4,7,13,18H,5-6,9-10H2,1-2H3,(H,17,20). The van der Waals surface area contributed by atoms with E-state index in [0.717, 1.165) is 18.7 Å². The normalized spacial score (nSPS) is 18.8. The Kier molecular flexibility index (Phi) is 5.14. The summed E-state index contributed by atoms with van der Waals surface area (Å²) >= 11 is 0. The number of likely N-dealkylation sites (N-methyl/N-ethyl adjacent to an activating group) is 1. The lowest BCUT2D eigenvalue weighted by Gasteiger charge is -2.34. The van der Waals surface area contributed by atoms with E-state index in [-0.39, 0.29) is 11.9 Å². The Morgan fingerprint density at radius 2 is 2.43 bits per heavy atom.